The van der Waals surface area contributed by atoms with E-state index in [0.29, 0.717) is 12.4 Å². The van der Waals surface area contributed by atoms with E-state index in [1.54, 1.807) is 6.07 Å². The number of aryl methyl sites for hydroxylation is 2. The molecule has 2 aromatic rings. The van der Waals surface area contributed by atoms with Crippen LogP contribution in [0.15, 0.2) is 28.8 Å². The normalized spacial score (nSPS) is 11.1. The van der Waals surface area contributed by atoms with E-state index < -0.39 is 0 Å². The van der Waals surface area contributed by atoms with Gasteiger partial charge in [-0.15, -0.1) is 0 Å². The minimum atomic E-state index is 0.435. The first-order valence-electron chi connectivity index (χ1n) is 6.00. The maximum atomic E-state index is 5.53. The monoisotopic (exact) mass is 245 g/mol. The van der Waals surface area contributed by atoms with Gasteiger partial charge in [-0.05, 0) is 32.0 Å². The minimum absolute atomic E-state index is 0.435. The number of aromatic nitrogens is 1. The van der Waals surface area contributed by atoms with E-state index in [0.717, 1.165) is 12.3 Å². The van der Waals surface area contributed by atoms with Gasteiger partial charge in [-0.2, -0.15) is 0 Å². The van der Waals surface area contributed by atoms with E-state index in [1.165, 1.54) is 16.7 Å². The Kier molecular flexibility index (Phi) is 3.67. The highest BCUT2D eigenvalue weighted by molar-refractivity contribution is 5.30. The summed E-state index contributed by atoms with van der Waals surface area (Å²) < 4.78 is 5.11. The fourth-order valence-corrected chi connectivity index (χ4v) is 1.99. The lowest BCUT2D eigenvalue weighted by atomic mass is 10.1. The van der Waals surface area contributed by atoms with Crippen LogP contribution in [0.5, 0.6) is 0 Å². The Hall–Kier alpha value is -1.81. The molecule has 0 aliphatic heterocycles. The molecule has 18 heavy (non-hydrogen) atoms. The average molecular weight is 245 g/mol. The molecule has 0 spiro atoms. The largest absolute Gasteiger partial charge is 0.381 e. The van der Waals surface area contributed by atoms with E-state index >= 15 is 0 Å². The van der Waals surface area contributed by atoms with E-state index in [1.807, 2.05) is 0 Å². The number of anilines is 1. The molecule has 0 unspecified atom stereocenters. The lowest BCUT2D eigenvalue weighted by molar-refractivity contribution is 0.266. The fraction of sp³-hybridized carbons (Fsp3) is 0.357. The lowest BCUT2D eigenvalue weighted by Crippen LogP contribution is -2.17. The van der Waals surface area contributed by atoms with Crippen molar-refractivity contribution < 1.29 is 4.52 Å². The Morgan fingerprint density at radius 2 is 2.00 bits per heavy atom. The highest BCUT2D eigenvalue weighted by atomic mass is 16.5. The van der Waals surface area contributed by atoms with Crippen LogP contribution in [0.3, 0.4) is 0 Å². The summed E-state index contributed by atoms with van der Waals surface area (Å²) in [6.45, 7) is 5.83. The molecule has 1 heterocycles. The van der Waals surface area contributed by atoms with Gasteiger partial charge in [-0.3, -0.25) is 4.90 Å². The molecule has 0 fully saturated rings. The first-order valence-corrected chi connectivity index (χ1v) is 6.00. The van der Waals surface area contributed by atoms with Gasteiger partial charge < -0.3 is 10.3 Å². The van der Waals surface area contributed by atoms with Crippen LogP contribution in [0.4, 0.5) is 5.82 Å². The van der Waals surface area contributed by atoms with Gasteiger partial charge in [0, 0.05) is 12.6 Å². The Bertz CT molecular complexity index is 534. The van der Waals surface area contributed by atoms with Crippen molar-refractivity contribution in [1.29, 1.82) is 0 Å². The van der Waals surface area contributed by atoms with Crippen molar-refractivity contribution in [2.24, 2.45) is 0 Å². The molecule has 0 saturated heterocycles. The minimum Gasteiger partial charge on any atom is -0.381 e. The summed E-state index contributed by atoms with van der Waals surface area (Å²) >= 11 is 0. The smallest absolute Gasteiger partial charge is 0.167 e. The number of rotatable bonds is 4. The molecule has 2 N–H and O–H groups in total. The summed E-state index contributed by atoms with van der Waals surface area (Å²) in [5, 5.41) is 3.68. The van der Waals surface area contributed by atoms with E-state index in [2.05, 4.69) is 49.2 Å². The zero-order valence-electron chi connectivity index (χ0n) is 11.1. The van der Waals surface area contributed by atoms with Crippen LogP contribution in [0, 0.1) is 13.8 Å². The lowest BCUT2D eigenvalue weighted by Gasteiger charge is -2.16. The molecule has 0 atom stereocenters. The molecule has 1 aromatic carbocycles. The Morgan fingerprint density at radius 1 is 1.22 bits per heavy atom. The molecular formula is C14H19N3O. The standard InChI is InChI=1S/C14H19N3O/c1-10-4-5-11(2)12(6-10)8-17(3)9-13-7-14(15)16-18-13/h4-7H,8-9H2,1-3H3,(H2,15,16). The predicted molar refractivity (Wildman–Crippen MR) is 72.0 cm³/mol. The zero-order valence-corrected chi connectivity index (χ0v) is 11.1. The quantitative estimate of drug-likeness (QED) is 0.899. The average Bonchev–Trinajstić information content (AvgIpc) is 2.69. The van der Waals surface area contributed by atoms with Crippen molar-refractivity contribution in [3.05, 3.63) is 46.7 Å². The van der Waals surface area contributed by atoms with E-state index in [4.69, 9.17) is 10.3 Å². The Morgan fingerprint density at radius 3 is 2.67 bits per heavy atom. The van der Waals surface area contributed by atoms with Gasteiger partial charge in [-0.25, -0.2) is 0 Å². The van der Waals surface area contributed by atoms with Gasteiger partial charge >= 0.3 is 0 Å². The van der Waals surface area contributed by atoms with E-state index in [9.17, 15) is 0 Å². The second-order valence-electron chi connectivity index (χ2n) is 4.82. The van der Waals surface area contributed by atoms with Gasteiger partial charge in [0.05, 0.1) is 6.54 Å². The number of nitrogen functional groups attached to an aromatic ring is 1. The molecule has 4 heteroatoms. The molecule has 0 amide bonds. The molecule has 0 radical (unpaired) electrons. The Labute approximate surface area is 107 Å². The number of hydrogen-bond acceptors (Lipinski definition) is 4. The SMILES string of the molecule is Cc1ccc(C)c(CN(C)Cc2cc(N)no2)c1. The van der Waals surface area contributed by atoms with Crippen LogP contribution in [-0.4, -0.2) is 17.1 Å². The van der Waals surface area contributed by atoms with Crippen molar-refractivity contribution in [2.45, 2.75) is 26.9 Å². The Balaban J connectivity index is 2.02. The van der Waals surface area contributed by atoms with Gasteiger partial charge in [0.15, 0.2) is 11.6 Å². The molecular weight excluding hydrogens is 226 g/mol. The summed E-state index contributed by atoms with van der Waals surface area (Å²) in [7, 11) is 2.06. The number of nitrogens with zero attached hydrogens (tertiary/aromatic N) is 2. The summed E-state index contributed by atoms with van der Waals surface area (Å²) in [6, 6.07) is 8.28. The maximum absolute atomic E-state index is 5.53. The van der Waals surface area contributed by atoms with Crippen molar-refractivity contribution in [2.75, 3.05) is 12.8 Å². The number of hydrogen-bond donors (Lipinski definition) is 1. The van der Waals surface area contributed by atoms with Crippen LogP contribution >= 0.6 is 0 Å². The fourth-order valence-electron chi connectivity index (χ4n) is 1.99. The first kappa shape index (κ1) is 12.6. The zero-order chi connectivity index (χ0) is 13.1. The summed E-state index contributed by atoms with van der Waals surface area (Å²) in [4.78, 5) is 2.18. The van der Waals surface area contributed by atoms with Crippen LogP contribution in [0.1, 0.15) is 22.5 Å². The highest BCUT2D eigenvalue weighted by Crippen LogP contribution is 2.14. The van der Waals surface area contributed by atoms with Crippen molar-refractivity contribution in [3.8, 4) is 0 Å². The third kappa shape index (κ3) is 3.11. The van der Waals surface area contributed by atoms with Gasteiger partial charge in [-0.1, -0.05) is 28.9 Å². The van der Waals surface area contributed by atoms with Crippen LogP contribution in [0.25, 0.3) is 0 Å². The maximum Gasteiger partial charge on any atom is 0.167 e. The number of nitrogens with two attached hydrogens (primary N) is 1. The second kappa shape index (κ2) is 5.23. The van der Waals surface area contributed by atoms with E-state index in [-0.39, 0.29) is 0 Å². The second-order valence-corrected chi connectivity index (χ2v) is 4.82. The summed E-state index contributed by atoms with van der Waals surface area (Å²) in [6.07, 6.45) is 0. The van der Waals surface area contributed by atoms with Crippen LogP contribution in [-0.2, 0) is 13.1 Å². The molecule has 0 aliphatic rings. The topological polar surface area (TPSA) is 55.3 Å². The molecule has 1 aromatic heterocycles. The predicted octanol–water partition coefficient (Wildman–Crippen LogP) is 2.51. The molecule has 0 saturated carbocycles. The third-order valence-corrected chi connectivity index (χ3v) is 2.95. The summed E-state index contributed by atoms with van der Waals surface area (Å²) in [5.74, 6) is 1.23. The van der Waals surface area contributed by atoms with Gasteiger partial charge in [0.1, 0.15) is 0 Å². The van der Waals surface area contributed by atoms with Crippen LogP contribution < -0.4 is 5.73 Å². The van der Waals surface area contributed by atoms with Crippen molar-refractivity contribution in [1.82, 2.24) is 10.1 Å². The number of benzene rings is 1. The molecule has 0 aliphatic carbocycles. The third-order valence-electron chi connectivity index (χ3n) is 2.95. The van der Waals surface area contributed by atoms with Crippen molar-refractivity contribution in [3.63, 3.8) is 0 Å². The molecule has 0 bridgehead atoms. The molecule has 4 nitrogen and oxygen atoms in total. The first-order chi connectivity index (χ1) is 8.54. The van der Waals surface area contributed by atoms with Gasteiger partial charge in [0.2, 0.25) is 0 Å². The molecule has 96 valence electrons. The molecule has 2 rings (SSSR count). The summed E-state index contributed by atoms with van der Waals surface area (Å²) in [5.41, 5.74) is 9.46. The van der Waals surface area contributed by atoms with Crippen molar-refractivity contribution >= 4 is 5.82 Å². The highest BCUT2D eigenvalue weighted by Gasteiger charge is 2.08. The van der Waals surface area contributed by atoms with Gasteiger partial charge in [0.25, 0.3) is 0 Å². The van der Waals surface area contributed by atoms with Crippen LogP contribution in [0.2, 0.25) is 0 Å².